The third-order valence-electron chi connectivity index (χ3n) is 4.53. The first-order valence-electron chi connectivity index (χ1n) is 9.37. The second-order valence-corrected chi connectivity index (χ2v) is 10.3. The highest BCUT2D eigenvalue weighted by Crippen LogP contribution is 2.39. The van der Waals surface area contributed by atoms with Crippen LogP contribution in [0.5, 0.6) is 5.75 Å². The molecule has 0 atom stereocenters. The summed E-state index contributed by atoms with van der Waals surface area (Å²) >= 11 is 0. The van der Waals surface area contributed by atoms with Gasteiger partial charge >= 0.3 is 0 Å². The predicted octanol–water partition coefficient (Wildman–Crippen LogP) is 3.71. The molecular formula is C21H24N5O3P. The number of anilines is 3. The number of nitrogens with one attached hydrogen (secondary N) is 1. The standard InChI is InChI=1S/C21H24N5O3P/c1-5-18(27)20-17(11-19(22)25-26-20)24-16-8-6-7-14(21(16)29-2)15-10-9-13(12-23-15)30(3,4)28/h6-12H,5H2,1-4H3,(H3,22,24,25). The van der Waals surface area contributed by atoms with E-state index in [4.69, 9.17) is 10.5 Å². The molecule has 1 aromatic carbocycles. The van der Waals surface area contributed by atoms with Crippen molar-refractivity contribution in [2.45, 2.75) is 13.3 Å². The summed E-state index contributed by atoms with van der Waals surface area (Å²) in [5.74, 6) is 0.584. The second kappa shape index (κ2) is 8.63. The lowest BCUT2D eigenvalue weighted by Gasteiger charge is -2.16. The molecule has 0 aliphatic carbocycles. The number of methoxy groups -OCH3 is 1. The number of hydrogen-bond acceptors (Lipinski definition) is 8. The number of ketones is 1. The number of nitrogens with zero attached hydrogens (tertiary/aromatic N) is 3. The van der Waals surface area contributed by atoms with Crippen LogP contribution in [0, 0.1) is 0 Å². The van der Waals surface area contributed by atoms with Crippen molar-refractivity contribution in [1.82, 2.24) is 15.2 Å². The number of Topliss-reactive ketones (excluding diaryl/α,β-unsaturated/α-hetero) is 1. The second-order valence-electron chi connectivity index (χ2n) is 7.07. The van der Waals surface area contributed by atoms with Gasteiger partial charge in [-0.25, -0.2) is 0 Å². The van der Waals surface area contributed by atoms with E-state index >= 15 is 0 Å². The normalized spacial score (nSPS) is 11.2. The molecule has 0 spiro atoms. The molecule has 0 unspecified atom stereocenters. The lowest BCUT2D eigenvalue weighted by atomic mass is 10.1. The highest BCUT2D eigenvalue weighted by atomic mass is 31.2. The number of nitrogen functional groups attached to an aromatic ring is 1. The first-order chi connectivity index (χ1) is 14.2. The molecule has 9 heteroatoms. The minimum Gasteiger partial charge on any atom is -0.494 e. The van der Waals surface area contributed by atoms with E-state index in [2.05, 4.69) is 20.5 Å². The van der Waals surface area contributed by atoms with Crippen LogP contribution in [0.25, 0.3) is 11.3 Å². The maximum atomic E-state index is 12.3. The number of aromatic nitrogens is 3. The van der Waals surface area contributed by atoms with Gasteiger partial charge in [0, 0.05) is 29.6 Å². The number of hydrogen-bond donors (Lipinski definition) is 2. The fourth-order valence-electron chi connectivity index (χ4n) is 2.94. The van der Waals surface area contributed by atoms with Crippen molar-refractivity contribution in [3.8, 4) is 17.0 Å². The summed E-state index contributed by atoms with van der Waals surface area (Å²) in [5.41, 5.74) is 8.47. The van der Waals surface area contributed by atoms with Crippen molar-refractivity contribution in [3.63, 3.8) is 0 Å². The zero-order valence-corrected chi connectivity index (χ0v) is 18.2. The first-order valence-corrected chi connectivity index (χ1v) is 12.0. The van der Waals surface area contributed by atoms with Gasteiger partial charge in [0.25, 0.3) is 0 Å². The van der Waals surface area contributed by atoms with E-state index in [-0.39, 0.29) is 17.3 Å². The van der Waals surface area contributed by atoms with Crippen LogP contribution in [0.15, 0.2) is 42.6 Å². The molecule has 3 aromatic rings. The van der Waals surface area contributed by atoms with Gasteiger partial charge in [-0.05, 0) is 37.6 Å². The summed E-state index contributed by atoms with van der Waals surface area (Å²) in [7, 11) is -0.832. The average Bonchev–Trinajstić information content (AvgIpc) is 2.72. The maximum absolute atomic E-state index is 12.3. The van der Waals surface area contributed by atoms with E-state index in [0.29, 0.717) is 34.5 Å². The molecule has 0 radical (unpaired) electrons. The quantitative estimate of drug-likeness (QED) is 0.434. The van der Waals surface area contributed by atoms with Gasteiger partial charge in [-0.1, -0.05) is 13.0 Å². The van der Waals surface area contributed by atoms with Crippen molar-refractivity contribution < 1.29 is 14.1 Å². The van der Waals surface area contributed by atoms with Crippen LogP contribution >= 0.6 is 7.14 Å². The number of para-hydroxylation sites is 1. The molecule has 0 amide bonds. The van der Waals surface area contributed by atoms with Gasteiger partial charge in [0.15, 0.2) is 17.2 Å². The summed E-state index contributed by atoms with van der Waals surface area (Å²) < 4.78 is 17.9. The molecule has 8 nitrogen and oxygen atoms in total. The van der Waals surface area contributed by atoms with Gasteiger partial charge < -0.3 is 20.4 Å². The van der Waals surface area contributed by atoms with Gasteiger partial charge in [-0.2, -0.15) is 0 Å². The molecule has 0 saturated carbocycles. The number of pyridine rings is 1. The minimum absolute atomic E-state index is 0.152. The summed E-state index contributed by atoms with van der Waals surface area (Å²) in [4.78, 5) is 16.7. The Morgan fingerprint density at radius 3 is 2.53 bits per heavy atom. The van der Waals surface area contributed by atoms with Gasteiger partial charge in [-0.15, -0.1) is 10.2 Å². The number of carbonyl (C=O) groups excluding carboxylic acids is 1. The molecule has 2 heterocycles. The van der Waals surface area contributed by atoms with E-state index in [9.17, 15) is 9.36 Å². The molecule has 30 heavy (non-hydrogen) atoms. The number of ether oxygens (including phenoxy) is 1. The molecule has 0 aliphatic heterocycles. The van der Waals surface area contributed by atoms with Crippen molar-refractivity contribution in [2.75, 3.05) is 31.5 Å². The van der Waals surface area contributed by atoms with E-state index in [1.807, 2.05) is 30.3 Å². The smallest absolute Gasteiger partial charge is 0.184 e. The van der Waals surface area contributed by atoms with Crippen molar-refractivity contribution in [3.05, 3.63) is 48.3 Å². The highest BCUT2D eigenvalue weighted by molar-refractivity contribution is 7.70. The Morgan fingerprint density at radius 1 is 1.17 bits per heavy atom. The number of rotatable bonds is 7. The molecule has 0 fully saturated rings. The number of benzene rings is 1. The van der Waals surface area contributed by atoms with E-state index in [0.717, 1.165) is 5.56 Å². The third kappa shape index (κ3) is 4.49. The Morgan fingerprint density at radius 2 is 1.93 bits per heavy atom. The Balaban J connectivity index is 2.04. The van der Waals surface area contributed by atoms with Gasteiger partial charge in [-0.3, -0.25) is 9.78 Å². The molecule has 0 aliphatic rings. The monoisotopic (exact) mass is 425 g/mol. The number of nitrogens with two attached hydrogens (primary N) is 1. The molecule has 3 rings (SSSR count). The minimum atomic E-state index is -2.39. The zero-order valence-electron chi connectivity index (χ0n) is 17.3. The summed E-state index contributed by atoms with van der Waals surface area (Å²) in [5, 5.41) is 11.6. The molecule has 2 aromatic heterocycles. The summed E-state index contributed by atoms with van der Waals surface area (Å²) in [6, 6.07) is 10.7. The Bertz CT molecular complexity index is 1130. The van der Waals surface area contributed by atoms with Gasteiger partial charge in [0.05, 0.1) is 24.2 Å². The van der Waals surface area contributed by atoms with E-state index in [1.165, 1.54) is 0 Å². The summed E-state index contributed by atoms with van der Waals surface area (Å²) in [6.07, 6.45) is 1.92. The third-order valence-corrected chi connectivity index (χ3v) is 6.04. The van der Waals surface area contributed by atoms with Crippen LogP contribution in [-0.4, -0.2) is 41.4 Å². The molecule has 0 bridgehead atoms. The number of carbonyl (C=O) groups is 1. The molecule has 0 saturated heterocycles. The Labute approximate surface area is 175 Å². The van der Waals surface area contributed by atoms with Crippen molar-refractivity contribution in [2.24, 2.45) is 0 Å². The predicted molar refractivity (Wildman–Crippen MR) is 120 cm³/mol. The van der Waals surface area contributed by atoms with Crippen molar-refractivity contribution >= 4 is 35.4 Å². The highest BCUT2D eigenvalue weighted by Gasteiger charge is 2.18. The largest absolute Gasteiger partial charge is 0.494 e. The lowest BCUT2D eigenvalue weighted by Crippen LogP contribution is -2.09. The Kier molecular flexibility index (Phi) is 6.17. The van der Waals surface area contributed by atoms with Crippen molar-refractivity contribution in [1.29, 1.82) is 0 Å². The molecule has 3 N–H and O–H groups in total. The fourth-order valence-corrected chi connectivity index (χ4v) is 3.71. The molecular weight excluding hydrogens is 401 g/mol. The van der Waals surface area contributed by atoms with Crippen LogP contribution in [-0.2, 0) is 4.57 Å². The lowest BCUT2D eigenvalue weighted by molar-refractivity contribution is 0.0983. The topological polar surface area (TPSA) is 120 Å². The SMILES string of the molecule is CCC(=O)c1nnc(N)cc1Nc1cccc(-c2ccc(P(C)(C)=O)cn2)c1OC. The van der Waals surface area contributed by atoms with E-state index in [1.54, 1.807) is 39.6 Å². The average molecular weight is 425 g/mol. The Hall–Kier alpha value is -3.25. The van der Waals surface area contributed by atoms with Crippen LogP contribution < -0.4 is 21.1 Å². The van der Waals surface area contributed by atoms with Crippen LogP contribution in [0.3, 0.4) is 0 Å². The van der Waals surface area contributed by atoms with Crippen LogP contribution in [0.4, 0.5) is 17.2 Å². The van der Waals surface area contributed by atoms with Gasteiger partial charge in [0.1, 0.15) is 13.0 Å². The molecule has 156 valence electrons. The maximum Gasteiger partial charge on any atom is 0.184 e. The van der Waals surface area contributed by atoms with Crippen LogP contribution in [0.1, 0.15) is 23.8 Å². The first kappa shape index (κ1) is 21.5. The van der Waals surface area contributed by atoms with Crippen LogP contribution in [0.2, 0.25) is 0 Å². The van der Waals surface area contributed by atoms with Gasteiger partial charge in [0.2, 0.25) is 0 Å². The van der Waals surface area contributed by atoms with E-state index < -0.39 is 7.14 Å². The summed E-state index contributed by atoms with van der Waals surface area (Å²) in [6.45, 7) is 5.17. The fraction of sp³-hybridized carbons (Fsp3) is 0.238. The zero-order chi connectivity index (χ0) is 21.9.